The second kappa shape index (κ2) is 7.33. The topological polar surface area (TPSA) is 42.7 Å². The van der Waals surface area contributed by atoms with Gasteiger partial charge in [0.2, 0.25) is 0 Å². The Morgan fingerprint density at radius 3 is 2.80 bits per heavy atom. The zero-order valence-electron chi connectivity index (χ0n) is 11.6. The highest BCUT2D eigenvalue weighted by atomic mass is 79.9. The second-order valence-electron chi connectivity index (χ2n) is 4.61. The predicted molar refractivity (Wildman–Crippen MR) is 87.7 cm³/mol. The van der Waals surface area contributed by atoms with Gasteiger partial charge < -0.3 is 5.32 Å². The van der Waals surface area contributed by atoms with Gasteiger partial charge in [-0.1, -0.05) is 44.8 Å². The summed E-state index contributed by atoms with van der Waals surface area (Å²) in [7, 11) is 1.97. The van der Waals surface area contributed by atoms with Gasteiger partial charge in [-0.2, -0.15) is 5.10 Å². The van der Waals surface area contributed by atoms with Crippen LogP contribution in [0.15, 0.2) is 33.5 Å². The summed E-state index contributed by atoms with van der Waals surface area (Å²) in [5, 5.41) is 7.64. The normalized spacial score (nSPS) is 12.6. The van der Waals surface area contributed by atoms with Crippen molar-refractivity contribution in [3.8, 4) is 0 Å². The van der Waals surface area contributed by atoms with E-state index in [9.17, 15) is 0 Å². The van der Waals surface area contributed by atoms with Crippen LogP contribution in [0.3, 0.4) is 0 Å². The number of benzene rings is 1. The number of nitrogens with zero attached hydrogens (tertiary/aromatic N) is 3. The third-order valence-electron chi connectivity index (χ3n) is 3.20. The molecule has 0 saturated heterocycles. The summed E-state index contributed by atoms with van der Waals surface area (Å²) in [6.45, 7) is 3.06. The Kier molecular flexibility index (Phi) is 5.74. The van der Waals surface area contributed by atoms with Crippen molar-refractivity contribution in [2.45, 2.75) is 32.4 Å². The van der Waals surface area contributed by atoms with E-state index in [-0.39, 0.29) is 6.04 Å². The Balaban J connectivity index is 2.22. The minimum atomic E-state index is 0.206. The minimum Gasteiger partial charge on any atom is -0.313 e. The van der Waals surface area contributed by atoms with Crippen LogP contribution in [-0.4, -0.2) is 21.8 Å². The number of aryl methyl sites for hydroxylation is 1. The fourth-order valence-corrected chi connectivity index (χ4v) is 3.50. The van der Waals surface area contributed by atoms with Gasteiger partial charge in [0.15, 0.2) is 0 Å². The third kappa shape index (κ3) is 3.68. The Morgan fingerprint density at radius 1 is 1.35 bits per heavy atom. The average Bonchev–Trinajstić information content (AvgIpc) is 2.84. The Labute approximate surface area is 136 Å². The maximum atomic E-state index is 4.38. The van der Waals surface area contributed by atoms with E-state index in [1.54, 1.807) is 6.33 Å². The maximum absolute atomic E-state index is 4.38. The highest BCUT2D eigenvalue weighted by molar-refractivity contribution is 9.11. The summed E-state index contributed by atoms with van der Waals surface area (Å²) in [5.41, 5.74) is 1.22. The number of halogens is 2. The summed E-state index contributed by atoms with van der Waals surface area (Å²) in [4.78, 5) is 4.38. The van der Waals surface area contributed by atoms with Gasteiger partial charge >= 0.3 is 0 Å². The van der Waals surface area contributed by atoms with Crippen molar-refractivity contribution >= 4 is 31.9 Å². The predicted octanol–water partition coefficient (Wildman–Crippen LogP) is 3.72. The van der Waals surface area contributed by atoms with E-state index in [2.05, 4.69) is 72.4 Å². The van der Waals surface area contributed by atoms with Gasteiger partial charge in [-0.25, -0.2) is 4.98 Å². The smallest absolute Gasteiger partial charge is 0.138 e. The molecule has 1 aromatic carbocycles. The van der Waals surface area contributed by atoms with Gasteiger partial charge in [0.05, 0.1) is 0 Å². The van der Waals surface area contributed by atoms with Crippen molar-refractivity contribution in [1.29, 1.82) is 0 Å². The fraction of sp³-hybridized carbons (Fsp3) is 0.429. The van der Waals surface area contributed by atoms with Crippen LogP contribution in [0.4, 0.5) is 0 Å². The lowest BCUT2D eigenvalue weighted by Gasteiger charge is -2.18. The van der Waals surface area contributed by atoms with E-state index in [1.165, 1.54) is 5.56 Å². The van der Waals surface area contributed by atoms with Gasteiger partial charge in [0.25, 0.3) is 0 Å². The summed E-state index contributed by atoms with van der Waals surface area (Å²) in [5.74, 6) is 1.01. The SMILES string of the molecule is CCCn1ncnc1CC(NC)c1ccc(Br)cc1Br. The molecule has 0 saturated carbocycles. The molecule has 6 heteroatoms. The molecule has 20 heavy (non-hydrogen) atoms. The third-order valence-corrected chi connectivity index (χ3v) is 4.38. The molecular formula is C14H18Br2N4. The molecule has 0 aliphatic carbocycles. The first-order valence-electron chi connectivity index (χ1n) is 6.64. The number of hydrogen-bond donors (Lipinski definition) is 1. The van der Waals surface area contributed by atoms with Crippen molar-refractivity contribution in [3.63, 3.8) is 0 Å². The Morgan fingerprint density at radius 2 is 2.15 bits per heavy atom. The van der Waals surface area contributed by atoms with E-state index in [0.29, 0.717) is 0 Å². The molecule has 0 radical (unpaired) electrons. The van der Waals surface area contributed by atoms with Gasteiger partial charge in [-0.15, -0.1) is 0 Å². The lowest BCUT2D eigenvalue weighted by Crippen LogP contribution is -2.21. The van der Waals surface area contributed by atoms with E-state index in [4.69, 9.17) is 0 Å². The number of likely N-dealkylation sites (N-methyl/N-ethyl adjacent to an activating group) is 1. The van der Waals surface area contributed by atoms with E-state index in [1.807, 2.05) is 11.7 Å². The lowest BCUT2D eigenvalue weighted by atomic mass is 10.0. The average molecular weight is 402 g/mol. The fourth-order valence-electron chi connectivity index (χ4n) is 2.18. The quantitative estimate of drug-likeness (QED) is 0.801. The first-order chi connectivity index (χ1) is 9.65. The second-order valence-corrected chi connectivity index (χ2v) is 6.38. The van der Waals surface area contributed by atoms with Crippen LogP contribution in [-0.2, 0) is 13.0 Å². The molecule has 0 aliphatic heterocycles. The summed E-state index contributed by atoms with van der Waals surface area (Å²) in [6, 6.07) is 6.45. The lowest BCUT2D eigenvalue weighted by molar-refractivity contribution is 0.516. The molecular weight excluding hydrogens is 384 g/mol. The highest BCUT2D eigenvalue weighted by Crippen LogP contribution is 2.28. The highest BCUT2D eigenvalue weighted by Gasteiger charge is 2.16. The number of hydrogen-bond acceptors (Lipinski definition) is 3. The van der Waals surface area contributed by atoms with Crippen molar-refractivity contribution in [3.05, 3.63) is 44.9 Å². The van der Waals surface area contributed by atoms with E-state index >= 15 is 0 Å². The largest absolute Gasteiger partial charge is 0.313 e. The molecule has 0 spiro atoms. The minimum absolute atomic E-state index is 0.206. The van der Waals surface area contributed by atoms with Crippen LogP contribution in [0.25, 0.3) is 0 Å². The van der Waals surface area contributed by atoms with Crippen LogP contribution < -0.4 is 5.32 Å². The van der Waals surface area contributed by atoms with Crippen molar-refractivity contribution in [2.24, 2.45) is 0 Å². The van der Waals surface area contributed by atoms with Crippen LogP contribution in [0.1, 0.15) is 30.8 Å². The van der Waals surface area contributed by atoms with E-state index in [0.717, 1.165) is 34.2 Å². The molecule has 1 unspecified atom stereocenters. The monoisotopic (exact) mass is 400 g/mol. The van der Waals surface area contributed by atoms with Crippen molar-refractivity contribution < 1.29 is 0 Å². The molecule has 0 fully saturated rings. The first-order valence-corrected chi connectivity index (χ1v) is 8.23. The molecule has 4 nitrogen and oxygen atoms in total. The zero-order valence-corrected chi connectivity index (χ0v) is 14.8. The van der Waals surface area contributed by atoms with Crippen LogP contribution >= 0.6 is 31.9 Å². The summed E-state index contributed by atoms with van der Waals surface area (Å²) >= 11 is 7.11. The molecule has 1 heterocycles. The van der Waals surface area contributed by atoms with Gasteiger partial charge in [0, 0.05) is 28.0 Å². The van der Waals surface area contributed by atoms with Crippen LogP contribution in [0, 0.1) is 0 Å². The Hall–Kier alpha value is -0.720. The number of aromatic nitrogens is 3. The number of nitrogens with one attached hydrogen (secondary N) is 1. The summed E-state index contributed by atoms with van der Waals surface area (Å²) < 4.78 is 4.14. The molecule has 1 N–H and O–H groups in total. The zero-order chi connectivity index (χ0) is 14.5. The molecule has 2 aromatic rings. The van der Waals surface area contributed by atoms with Crippen molar-refractivity contribution in [1.82, 2.24) is 20.1 Å². The summed E-state index contributed by atoms with van der Waals surface area (Å²) in [6.07, 6.45) is 3.51. The number of rotatable bonds is 6. The van der Waals surface area contributed by atoms with Gasteiger partial charge in [-0.3, -0.25) is 4.68 Å². The molecule has 0 aliphatic rings. The van der Waals surface area contributed by atoms with E-state index < -0.39 is 0 Å². The molecule has 108 valence electrons. The molecule has 2 rings (SSSR count). The van der Waals surface area contributed by atoms with Crippen LogP contribution in [0.2, 0.25) is 0 Å². The van der Waals surface area contributed by atoms with Gasteiger partial charge in [-0.05, 0) is 31.2 Å². The molecule has 1 aromatic heterocycles. The Bertz CT molecular complexity index is 568. The van der Waals surface area contributed by atoms with Gasteiger partial charge in [0.1, 0.15) is 12.2 Å². The standard InChI is InChI=1S/C14H18Br2N4/c1-3-6-20-14(18-9-19-20)8-13(17-2)11-5-4-10(15)7-12(11)16/h4-5,7,9,13,17H,3,6,8H2,1-2H3. The maximum Gasteiger partial charge on any atom is 0.138 e. The molecule has 0 bridgehead atoms. The first kappa shape index (κ1) is 15.7. The molecule has 1 atom stereocenters. The van der Waals surface area contributed by atoms with Crippen LogP contribution in [0.5, 0.6) is 0 Å². The van der Waals surface area contributed by atoms with Crippen molar-refractivity contribution in [2.75, 3.05) is 7.05 Å². The molecule has 0 amide bonds.